The number of carbonyl (C=O) groups is 1. The van der Waals surface area contributed by atoms with Gasteiger partial charge in [0, 0.05) is 6.42 Å². The van der Waals surface area contributed by atoms with Gasteiger partial charge >= 0.3 is 0 Å². The average molecular weight is 1140 g/mol. The molecule has 1 amide bonds. The first-order valence-electron chi connectivity index (χ1n) is 33.1. The quantitative estimate of drug-likeness (QED) is 0.0261. The van der Waals surface area contributed by atoms with Gasteiger partial charge in [-0.15, -0.1) is 0 Å². The van der Waals surface area contributed by atoms with E-state index >= 15 is 0 Å². The summed E-state index contributed by atoms with van der Waals surface area (Å²) in [6.07, 6.45) is 86.4. The largest absolute Gasteiger partial charge is 0.394 e. The van der Waals surface area contributed by atoms with Crippen molar-refractivity contribution in [2.45, 2.75) is 294 Å². The Morgan fingerprint density at radius 2 is 0.756 bits per heavy atom. The van der Waals surface area contributed by atoms with Crippen LogP contribution in [0.5, 0.6) is 0 Å². The van der Waals surface area contributed by atoms with Gasteiger partial charge in [-0.25, -0.2) is 0 Å². The molecule has 1 fully saturated rings. The summed E-state index contributed by atoms with van der Waals surface area (Å²) in [4.78, 5) is 13.1. The highest BCUT2D eigenvalue weighted by Crippen LogP contribution is 2.23. The van der Waals surface area contributed by atoms with Gasteiger partial charge in [0.2, 0.25) is 5.91 Å². The lowest BCUT2D eigenvalue weighted by Gasteiger charge is -2.40. The number of ether oxygens (including phenoxy) is 2. The first kappa shape index (κ1) is 76.1. The fraction of sp³-hybridized carbons (Fsp3) is 0.658. The highest BCUT2D eigenvalue weighted by Gasteiger charge is 2.44. The van der Waals surface area contributed by atoms with Gasteiger partial charge in [0.25, 0.3) is 0 Å². The van der Waals surface area contributed by atoms with Crippen LogP contribution in [0.25, 0.3) is 0 Å². The molecular weight excluding hydrogens is 1020 g/mol. The third-order valence-electron chi connectivity index (χ3n) is 14.7. The van der Waals surface area contributed by atoms with Crippen LogP contribution >= 0.6 is 0 Å². The summed E-state index contributed by atoms with van der Waals surface area (Å²) in [6, 6.07) is -0.822. The average Bonchev–Trinajstić information content (AvgIpc) is 3.57. The molecule has 1 aliphatic heterocycles. The Morgan fingerprint density at radius 3 is 1.12 bits per heavy atom. The SMILES string of the molecule is CC/C=C\C/C=C\C/C=C\C/C=C\C/C=C\C/C=C\C/C=C\C/C=C\C/C=C\C/C=C\C/C=C\CCCCCCCCCC(=O)NC(COC1OC(CO)C(O)C(O)C1O)C(O)/C=C/CCCCCCCCCCCCCCCCCC. The molecule has 9 heteroatoms. The molecule has 0 spiro atoms. The number of hydrogen-bond acceptors (Lipinski definition) is 8. The Kier molecular flexibility index (Phi) is 55.9. The molecule has 7 atom stereocenters. The van der Waals surface area contributed by atoms with Gasteiger partial charge in [-0.05, 0) is 103 Å². The van der Waals surface area contributed by atoms with E-state index in [1.165, 1.54) is 109 Å². The van der Waals surface area contributed by atoms with Crippen molar-refractivity contribution in [3.8, 4) is 0 Å². The molecule has 0 radical (unpaired) electrons. The summed E-state index contributed by atoms with van der Waals surface area (Å²) in [5, 5.41) is 54.6. The van der Waals surface area contributed by atoms with Crippen molar-refractivity contribution in [2.75, 3.05) is 13.2 Å². The van der Waals surface area contributed by atoms with Crippen LogP contribution in [0, 0.1) is 0 Å². The lowest BCUT2D eigenvalue weighted by atomic mass is 9.99. The molecule has 7 unspecified atom stereocenters. The van der Waals surface area contributed by atoms with Gasteiger partial charge in [0.1, 0.15) is 24.4 Å². The summed E-state index contributed by atoms with van der Waals surface area (Å²) >= 11 is 0. The third kappa shape index (κ3) is 48.4. The predicted molar refractivity (Wildman–Crippen MR) is 350 cm³/mol. The predicted octanol–water partition coefficient (Wildman–Crippen LogP) is 17.8. The van der Waals surface area contributed by atoms with Crippen molar-refractivity contribution >= 4 is 5.91 Å². The van der Waals surface area contributed by atoms with E-state index in [0.717, 1.165) is 122 Å². The number of rotatable bonds is 55. The van der Waals surface area contributed by atoms with Gasteiger partial charge in [-0.2, -0.15) is 0 Å². The number of aliphatic hydroxyl groups is 5. The van der Waals surface area contributed by atoms with Crippen molar-refractivity contribution in [1.29, 1.82) is 0 Å². The zero-order chi connectivity index (χ0) is 59.3. The molecule has 0 aromatic carbocycles. The lowest BCUT2D eigenvalue weighted by Crippen LogP contribution is -2.60. The van der Waals surface area contributed by atoms with E-state index < -0.39 is 49.5 Å². The fourth-order valence-corrected chi connectivity index (χ4v) is 9.51. The van der Waals surface area contributed by atoms with E-state index in [1.54, 1.807) is 6.08 Å². The number of allylic oxidation sites excluding steroid dienone is 23. The second kappa shape index (κ2) is 60.2. The Hall–Kier alpha value is -3.93. The topological polar surface area (TPSA) is 149 Å². The van der Waals surface area contributed by atoms with Gasteiger partial charge in [0.05, 0.1) is 25.4 Å². The molecule has 0 aliphatic carbocycles. The third-order valence-corrected chi connectivity index (χ3v) is 14.7. The number of unbranched alkanes of at least 4 members (excludes halogenated alkanes) is 23. The molecular formula is C73H121NO8. The Bertz CT molecular complexity index is 1800. The van der Waals surface area contributed by atoms with E-state index in [4.69, 9.17) is 9.47 Å². The maximum atomic E-state index is 13.1. The Balaban J connectivity index is 2.17. The number of hydrogen-bond donors (Lipinski definition) is 6. The molecule has 82 heavy (non-hydrogen) atoms. The fourth-order valence-electron chi connectivity index (χ4n) is 9.51. The van der Waals surface area contributed by atoms with E-state index in [2.05, 4.69) is 153 Å². The standard InChI is InChI=1S/C73H121NO8/c1-3-5-7-9-11-13-15-17-19-21-23-24-25-26-27-28-29-30-31-32-33-34-35-36-37-38-39-40-41-42-43-44-45-47-49-51-53-55-57-59-61-63-69(77)74-66(65-81-73-72(80)71(79)70(78)68(64-75)82-73)67(76)62-60-58-56-54-52-50-48-46-22-20-18-16-14-12-10-8-6-4-2/h5,7,11,13,17,19,23-24,26-27,29-30,32-33,35-36,38-39,41-42,44-45,60,62,66-68,70-73,75-76,78-80H,3-4,6,8-10,12,14-16,18,20-22,25,28,31,34,37,40,43,46-59,61,63-65H2,1-2H3,(H,74,77)/b7-5-,13-11-,19-17-,24-23-,27-26-,30-29-,33-32-,36-35-,39-38-,42-41-,45-44-,62-60+. The van der Waals surface area contributed by atoms with Gasteiger partial charge in [-0.1, -0.05) is 288 Å². The normalized spacial score (nSPS) is 19.3. The van der Waals surface area contributed by atoms with Crippen LogP contribution in [0.1, 0.15) is 251 Å². The zero-order valence-corrected chi connectivity index (χ0v) is 51.9. The molecule has 9 nitrogen and oxygen atoms in total. The molecule has 1 aliphatic rings. The van der Waals surface area contributed by atoms with Crippen molar-refractivity contribution < 1.29 is 39.8 Å². The first-order chi connectivity index (χ1) is 40.3. The number of aliphatic hydroxyl groups excluding tert-OH is 5. The van der Waals surface area contributed by atoms with Crippen molar-refractivity contribution in [2.24, 2.45) is 0 Å². The van der Waals surface area contributed by atoms with Crippen LogP contribution in [0.3, 0.4) is 0 Å². The summed E-state index contributed by atoms with van der Waals surface area (Å²) in [5.74, 6) is -0.193. The first-order valence-corrected chi connectivity index (χ1v) is 33.1. The summed E-state index contributed by atoms with van der Waals surface area (Å²) < 4.78 is 11.3. The highest BCUT2D eigenvalue weighted by molar-refractivity contribution is 5.76. The Morgan fingerprint density at radius 1 is 0.427 bits per heavy atom. The second-order valence-corrected chi connectivity index (χ2v) is 22.2. The molecule has 0 bridgehead atoms. The Labute approximate surface area is 502 Å². The van der Waals surface area contributed by atoms with Crippen LogP contribution < -0.4 is 5.32 Å². The minimum Gasteiger partial charge on any atom is -0.394 e. The maximum Gasteiger partial charge on any atom is 0.220 e. The van der Waals surface area contributed by atoms with Crippen molar-refractivity contribution in [3.63, 3.8) is 0 Å². The monoisotopic (exact) mass is 1140 g/mol. The van der Waals surface area contributed by atoms with E-state index in [9.17, 15) is 30.3 Å². The summed E-state index contributed by atoms with van der Waals surface area (Å²) in [5.41, 5.74) is 0. The molecule has 1 saturated heterocycles. The molecule has 0 saturated carbocycles. The lowest BCUT2D eigenvalue weighted by molar-refractivity contribution is -0.302. The maximum absolute atomic E-state index is 13.1. The number of amides is 1. The van der Waals surface area contributed by atoms with Gasteiger partial charge in [0.15, 0.2) is 6.29 Å². The zero-order valence-electron chi connectivity index (χ0n) is 51.9. The van der Waals surface area contributed by atoms with E-state index in [1.807, 2.05) is 6.08 Å². The highest BCUT2D eigenvalue weighted by atomic mass is 16.7. The minimum atomic E-state index is -1.58. The van der Waals surface area contributed by atoms with Crippen molar-refractivity contribution in [3.05, 3.63) is 146 Å². The van der Waals surface area contributed by atoms with E-state index in [-0.39, 0.29) is 12.5 Å². The van der Waals surface area contributed by atoms with Crippen LogP contribution in [0.2, 0.25) is 0 Å². The second-order valence-electron chi connectivity index (χ2n) is 22.2. The van der Waals surface area contributed by atoms with Crippen LogP contribution in [0.15, 0.2) is 146 Å². The van der Waals surface area contributed by atoms with Crippen molar-refractivity contribution in [1.82, 2.24) is 5.32 Å². The van der Waals surface area contributed by atoms with Crippen LogP contribution in [-0.2, 0) is 14.3 Å². The minimum absolute atomic E-state index is 0.193. The molecule has 1 rings (SSSR count). The molecule has 1 heterocycles. The van der Waals surface area contributed by atoms with Crippen LogP contribution in [0.4, 0.5) is 0 Å². The van der Waals surface area contributed by atoms with Crippen LogP contribution in [-0.4, -0.2) is 87.5 Å². The van der Waals surface area contributed by atoms with E-state index in [0.29, 0.717) is 6.42 Å². The summed E-state index contributed by atoms with van der Waals surface area (Å²) in [6.45, 7) is 3.66. The van der Waals surface area contributed by atoms with Gasteiger partial charge in [-0.3, -0.25) is 4.79 Å². The molecule has 6 N–H and O–H groups in total. The van der Waals surface area contributed by atoms with Gasteiger partial charge < -0.3 is 40.3 Å². The number of nitrogens with one attached hydrogen (secondary N) is 1. The molecule has 466 valence electrons. The molecule has 0 aromatic heterocycles. The smallest absolute Gasteiger partial charge is 0.220 e. The molecule has 0 aromatic rings. The summed E-state index contributed by atoms with van der Waals surface area (Å²) in [7, 11) is 0. The number of carbonyl (C=O) groups excluding carboxylic acids is 1.